The van der Waals surface area contributed by atoms with Crippen molar-refractivity contribution in [2.24, 2.45) is 0 Å². The molecule has 0 radical (unpaired) electrons. The van der Waals surface area contributed by atoms with E-state index in [1.54, 1.807) is 0 Å². The molecule has 3 aromatic rings. The molecule has 1 unspecified atom stereocenters. The van der Waals surface area contributed by atoms with E-state index in [1.807, 2.05) is 74.6 Å². The molecule has 6 heteroatoms. The number of nitrogens with zero attached hydrogens (tertiary/aromatic N) is 1. The topological polar surface area (TPSA) is 80.4 Å². The fourth-order valence-corrected chi connectivity index (χ4v) is 3.31. The number of hydrogen-bond acceptors (Lipinski definition) is 3. The van der Waals surface area contributed by atoms with Crippen molar-refractivity contribution in [1.29, 1.82) is 0 Å². The van der Waals surface area contributed by atoms with Gasteiger partial charge in [0.25, 0.3) is 0 Å². The number of carbonyl (C=O) groups excluding carboxylic acids is 1. The molecule has 1 atom stereocenters. The molecule has 0 saturated heterocycles. The Bertz CT molecular complexity index is 933. The van der Waals surface area contributed by atoms with E-state index in [9.17, 15) is 9.90 Å². The first kappa shape index (κ1) is 18.8. The third kappa shape index (κ3) is 4.41. The molecule has 142 valence electrons. The second kappa shape index (κ2) is 8.14. The van der Waals surface area contributed by atoms with Crippen molar-refractivity contribution in [3.8, 4) is 0 Å². The average molecular weight is 366 g/mol. The van der Waals surface area contributed by atoms with Gasteiger partial charge in [-0.05, 0) is 48.7 Å². The van der Waals surface area contributed by atoms with Gasteiger partial charge in [0.2, 0.25) is 0 Å². The second-order valence-electron chi connectivity index (χ2n) is 6.94. The number of hydrogen-bond donors (Lipinski definition) is 4. The van der Waals surface area contributed by atoms with Crippen molar-refractivity contribution in [3.05, 3.63) is 59.8 Å². The van der Waals surface area contributed by atoms with E-state index in [1.165, 1.54) is 0 Å². The summed E-state index contributed by atoms with van der Waals surface area (Å²) in [4.78, 5) is 17.6. The fraction of sp³-hybridized carbons (Fsp3) is 0.286. The Kier molecular flexibility index (Phi) is 5.66. The van der Waals surface area contributed by atoms with Crippen molar-refractivity contribution in [2.45, 2.75) is 19.4 Å². The number of urea groups is 1. The van der Waals surface area contributed by atoms with Gasteiger partial charge in [-0.2, -0.15) is 0 Å². The molecule has 0 aliphatic heterocycles. The molecule has 2 amide bonds. The van der Waals surface area contributed by atoms with E-state index < -0.39 is 0 Å². The molecule has 1 heterocycles. The first-order chi connectivity index (χ1) is 13.0. The van der Waals surface area contributed by atoms with Crippen LogP contribution in [0, 0.1) is 6.92 Å². The van der Waals surface area contributed by atoms with Crippen LogP contribution in [0.5, 0.6) is 0 Å². The fourth-order valence-electron chi connectivity index (χ4n) is 3.31. The summed E-state index contributed by atoms with van der Waals surface area (Å²) in [7, 11) is 3.97. The molecule has 2 aromatic carbocycles. The summed E-state index contributed by atoms with van der Waals surface area (Å²) in [6.45, 7) is 1.87. The predicted molar refractivity (Wildman–Crippen MR) is 111 cm³/mol. The molecular formula is C21H26N4O2. The molecule has 27 heavy (non-hydrogen) atoms. The van der Waals surface area contributed by atoms with Crippen LogP contribution >= 0.6 is 0 Å². The summed E-state index contributed by atoms with van der Waals surface area (Å²) in [5, 5.41) is 16.5. The van der Waals surface area contributed by atoms with E-state index >= 15 is 0 Å². The molecule has 0 aliphatic rings. The second-order valence-corrected chi connectivity index (χ2v) is 6.94. The highest BCUT2D eigenvalue weighted by atomic mass is 16.3. The number of amides is 2. The SMILES string of the molecule is Cc1cc(NC(=O)NC(CO)Cc2c[nH]c3ccccc23)ccc1N(C)C. The van der Waals surface area contributed by atoms with Crippen LogP contribution in [-0.2, 0) is 6.42 Å². The lowest BCUT2D eigenvalue weighted by Crippen LogP contribution is -2.41. The van der Waals surface area contributed by atoms with Crippen LogP contribution in [0.2, 0.25) is 0 Å². The van der Waals surface area contributed by atoms with Crippen molar-refractivity contribution >= 4 is 28.3 Å². The number of aromatic nitrogens is 1. The Hall–Kier alpha value is -2.99. The van der Waals surface area contributed by atoms with Gasteiger partial charge in [0.15, 0.2) is 0 Å². The van der Waals surface area contributed by atoms with Gasteiger partial charge in [-0.25, -0.2) is 4.79 Å². The van der Waals surface area contributed by atoms with Crippen LogP contribution in [0.1, 0.15) is 11.1 Å². The highest BCUT2D eigenvalue weighted by Gasteiger charge is 2.15. The van der Waals surface area contributed by atoms with Crippen molar-refractivity contribution in [3.63, 3.8) is 0 Å². The number of carbonyl (C=O) groups is 1. The summed E-state index contributed by atoms with van der Waals surface area (Å²) in [5.74, 6) is 0. The highest BCUT2D eigenvalue weighted by Crippen LogP contribution is 2.22. The zero-order valence-corrected chi connectivity index (χ0v) is 15.9. The van der Waals surface area contributed by atoms with E-state index in [2.05, 4.69) is 15.6 Å². The number of fused-ring (bicyclic) bond motifs is 1. The lowest BCUT2D eigenvalue weighted by molar-refractivity contribution is 0.224. The number of aryl methyl sites for hydroxylation is 1. The van der Waals surface area contributed by atoms with Gasteiger partial charge in [-0.3, -0.25) is 0 Å². The Labute approximate surface area is 159 Å². The Morgan fingerprint density at radius 2 is 2.00 bits per heavy atom. The largest absolute Gasteiger partial charge is 0.394 e. The molecule has 0 fully saturated rings. The minimum atomic E-state index is -0.369. The quantitative estimate of drug-likeness (QED) is 0.541. The lowest BCUT2D eigenvalue weighted by atomic mass is 10.1. The zero-order chi connectivity index (χ0) is 19.4. The van der Waals surface area contributed by atoms with Crippen LogP contribution in [0.15, 0.2) is 48.7 Å². The maximum Gasteiger partial charge on any atom is 0.319 e. The predicted octanol–water partition coefficient (Wildman–Crippen LogP) is 3.27. The van der Waals surface area contributed by atoms with Crippen LogP contribution in [0.3, 0.4) is 0 Å². The molecule has 3 rings (SSSR count). The normalized spacial score (nSPS) is 12.0. The number of aliphatic hydroxyl groups is 1. The van der Waals surface area contributed by atoms with Gasteiger partial charge in [-0.1, -0.05) is 18.2 Å². The van der Waals surface area contributed by atoms with Crippen LogP contribution in [-0.4, -0.2) is 42.9 Å². The minimum Gasteiger partial charge on any atom is -0.394 e. The van der Waals surface area contributed by atoms with Crippen LogP contribution in [0.25, 0.3) is 10.9 Å². The smallest absolute Gasteiger partial charge is 0.319 e. The molecule has 0 bridgehead atoms. The zero-order valence-electron chi connectivity index (χ0n) is 15.9. The number of aliphatic hydroxyl groups excluding tert-OH is 1. The number of para-hydroxylation sites is 1. The van der Waals surface area contributed by atoms with E-state index in [4.69, 9.17) is 0 Å². The van der Waals surface area contributed by atoms with E-state index in [-0.39, 0.29) is 18.7 Å². The molecule has 1 aromatic heterocycles. The van der Waals surface area contributed by atoms with Gasteiger partial charge in [0, 0.05) is 42.6 Å². The summed E-state index contributed by atoms with van der Waals surface area (Å²) in [5.41, 5.74) is 5.02. The van der Waals surface area contributed by atoms with E-state index in [0.29, 0.717) is 6.42 Å². The average Bonchev–Trinajstić information content (AvgIpc) is 3.04. The van der Waals surface area contributed by atoms with E-state index in [0.717, 1.165) is 33.4 Å². The van der Waals surface area contributed by atoms with Gasteiger partial charge >= 0.3 is 6.03 Å². The van der Waals surface area contributed by atoms with Crippen LogP contribution in [0.4, 0.5) is 16.2 Å². The Morgan fingerprint density at radius 3 is 2.70 bits per heavy atom. The number of aromatic amines is 1. The van der Waals surface area contributed by atoms with Gasteiger partial charge in [0.1, 0.15) is 0 Å². The first-order valence-corrected chi connectivity index (χ1v) is 8.99. The Morgan fingerprint density at radius 1 is 1.22 bits per heavy atom. The minimum absolute atomic E-state index is 0.133. The lowest BCUT2D eigenvalue weighted by Gasteiger charge is -2.18. The molecule has 6 nitrogen and oxygen atoms in total. The third-order valence-corrected chi connectivity index (χ3v) is 4.63. The number of benzene rings is 2. The van der Waals surface area contributed by atoms with Crippen LogP contribution < -0.4 is 15.5 Å². The number of H-pyrrole nitrogens is 1. The summed E-state index contributed by atoms with van der Waals surface area (Å²) >= 11 is 0. The van der Waals surface area contributed by atoms with Crippen molar-refractivity contribution < 1.29 is 9.90 Å². The maximum atomic E-state index is 12.4. The molecule has 0 aliphatic carbocycles. The van der Waals surface area contributed by atoms with Gasteiger partial charge in [0.05, 0.1) is 12.6 Å². The number of rotatable bonds is 6. The Balaban J connectivity index is 1.64. The van der Waals surface area contributed by atoms with Gasteiger partial charge < -0.3 is 25.6 Å². The molecule has 4 N–H and O–H groups in total. The van der Waals surface area contributed by atoms with Gasteiger partial charge in [-0.15, -0.1) is 0 Å². The molecule has 0 spiro atoms. The summed E-state index contributed by atoms with van der Waals surface area (Å²) in [6.07, 6.45) is 2.47. The molecule has 0 saturated carbocycles. The number of anilines is 2. The third-order valence-electron chi connectivity index (χ3n) is 4.63. The van der Waals surface area contributed by atoms with Crippen molar-refractivity contribution in [2.75, 3.05) is 30.9 Å². The number of nitrogens with one attached hydrogen (secondary N) is 3. The first-order valence-electron chi connectivity index (χ1n) is 8.99. The summed E-state index contributed by atoms with van der Waals surface area (Å²) < 4.78 is 0. The highest BCUT2D eigenvalue weighted by molar-refractivity contribution is 5.90. The molecular weight excluding hydrogens is 340 g/mol. The summed E-state index contributed by atoms with van der Waals surface area (Å²) in [6, 6.07) is 13.1. The monoisotopic (exact) mass is 366 g/mol. The standard InChI is InChI=1S/C21H26N4O2/c1-14-10-16(8-9-20(14)25(2)3)23-21(27)24-17(13-26)11-15-12-22-19-7-5-4-6-18(15)19/h4-10,12,17,22,26H,11,13H2,1-3H3,(H2,23,24,27). The van der Waals surface area contributed by atoms with Crippen molar-refractivity contribution in [1.82, 2.24) is 10.3 Å². The maximum absolute atomic E-state index is 12.4.